The lowest BCUT2D eigenvalue weighted by Gasteiger charge is -2.38. The molecule has 29 heavy (non-hydrogen) atoms. The molecule has 156 valence electrons. The first kappa shape index (κ1) is 19.5. The van der Waals surface area contributed by atoms with Crippen molar-refractivity contribution < 1.29 is 19.1 Å². The monoisotopic (exact) mass is 402 g/mol. The number of primary amides is 1. The Labute approximate surface area is 168 Å². The molecule has 0 radical (unpaired) electrons. The molecule has 2 heterocycles. The van der Waals surface area contributed by atoms with Gasteiger partial charge in [0.25, 0.3) is 5.91 Å². The Morgan fingerprint density at radius 2 is 2.07 bits per heavy atom. The summed E-state index contributed by atoms with van der Waals surface area (Å²) in [4.78, 5) is 36.7. The lowest BCUT2D eigenvalue weighted by atomic mass is 9.88. The Morgan fingerprint density at radius 1 is 1.31 bits per heavy atom. The van der Waals surface area contributed by atoms with E-state index in [2.05, 4.69) is 21.4 Å². The van der Waals surface area contributed by atoms with Gasteiger partial charge in [0.05, 0.1) is 36.6 Å². The SMILES string of the molecule is COc1c(NC2CC(NC(=O)C3CC3)NC3NN(C)C(=O)C23)cccc1C(N)=O. The fourth-order valence-corrected chi connectivity index (χ4v) is 4.10. The highest BCUT2D eigenvalue weighted by atomic mass is 16.5. The first-order valence-electron chi connectivity index (χ1n) is 9.72. The van der Waals surface area contributed by atoms with Crippen LogP contribution in [0.4, 0.5) is 5.69 Å². The van der Waals surface area contributed by atoms with Crippen LogP contribution in [0.1, 0.15) is 29.6 Å². The standard InChI is InChI=1S/C19H26N6O4/c1-25-19(28)14-12(21-11-5-3-4-10(16(20)26)15(11)29-2)8-13(22-17(14)24-25)23-18(27)9-6-7-9/h3-5,9,12-14,17,21-22,24H,6-8H2,1-2H3,(H2,20,26)(H,23,27). The number of carbonyl (C=O) groups excluding carboxylic acids is 3. The number of benzene rings is 1. The molecule has 1 aliphatic carbocycles. The summed E-state index contributed by atoms with van der Waals surface area (Å²) < 4.78 is 5.41. The summed E-state index contributed by atoms with van der Waals surface area (Å²) in [6, 6.07) is 4.77. The van der Waals surface area contributed by atoms with Crippen molar-refractivity contribution in [1.82, 2.24) is 21.1 Å². The van der Waals surface area contributed by atoms with Gasteiger partial charge in [-0.1, -0.05) is 6.07 Å². The summed E-state index contributed by atoms with van der Waals surface area (Å²) in [6.07, 6.45) is 1.71. The predicted octanol–water partition coefficient (Wildman–Crippen LogP) is -0.661. The molecule has 1 aromatic carbocycles. The minimum atomic E-state index is -0.596. The van der Waals surface area contributed by atoms with Gasteiger partial charge < -0.3 is 21.1 Å². The van der Waals surface area contributed by atoms with Gasteiger partial charge >= 0.3 is 0 Å². The van der Waals surface area contributed by atoms with Crippen molar-refractivity contribution in [2.75, 3.05) is 19.5 Å². The van der Waals surface area contributed by atoms with Crippen molar-refractivity contribution in [2.24, 2.45) is 17.6 Å². The van der Waals surface area contributed by atoms with Crippen molar-refractivity contribution in [2.45, 2.75) is 37.6 Å². The molecule has 0 bridgehead atoms. The van der Waals surface area contributed by atoms with Crippen molar-refractivity contribution in [3.05, 3.63) is 23.8 Å². The van der Waals surface area contributed by atoms with E-state index in [0.29, 0.717) is 17.9 Å². The maximum Gasteiger partial charge on any atom is 0.252 e. The fourth-order valence-electron chi connectivity index (χ4n) is 4.10. The number of hydrogen-bond donors (Lipinski definition) is 5. The highest BCUT2D eigenvalue weighted by molar-refractivity contribution is 5.97. The van der Waals surface area contributed by atoms with Gasteiger partial charge in [-0.25, -0.2) is 5.43 Å². The number of ether oxygens (including phenoxy) is 1. The number of nitrogens with zero attached hydrogens (tertiary/aromatic N) is 1. The van der Waals surface area contributed by atoms with Crippen LogP contribution in [0.2, 0.25) is 0 Å². The van der Waals surface area contributed by atoms with Gasteiger partial charge in [0.15, 0.2) is 5.75 Å². The molecule has 0 aromatic heterocycles. The number of rotatable bonds is 6. The van der Waals surface area contributed by atoms with Crippen LogP contribution >= 0.6 is 0 Å². The molecule has 4 atom stereocenters. The first-order valence-corrected chi connectivity index (χ1v) is 9.72. The second kappa shape index (κ2) is 7.53. The lowest BCUT2D eigenvalue weighted by molar-refractivity contribution is -0.131. The molecule has 2 saturated heterocycles. The zero-order chi connectivity index (χ0) is 20.7. The highest BCUT2D eigenvalue weighted by Crippen LogP contribution is 2.34. The Bertz CT molecular complexity index is 842. The van der Waals surface area contributed by atoms with Gasteiger partial charge in [-0.15, -0.1) is 0 Å². The molecule has 1 saturated carbocycles. The van der Waals surface area contributed by atoms with E-state index in [9.17, 15) is 14.4 Å². The average Bonchev–Trinajstić information content (AvgIpc) is 3.48. The van der Waals surface area contributed by atoms with Crippen LogP contribution in [-0.4, -0.2) is 55.3 Å². The largest absolute Gasteiger partial charge is 0.494 e. The van der Waals surface area contributed by atoms with Gasteiger partial charge in [-0.3, -0.25) is 24.7 Å². The number of para-hydroxylation sites is 1. The summed E-state index contributed by atoms with van der Waals surface area (Å²) in [6.45, 7) is 0. The molecule has 4 unspecified atom stereocenters. The van der Waals surface area contributed by atoms with Gasteiger partial charge in [0, 0.05) is 25.4 Å². The predicted molar refractivity (Wildman–Crippen MR) is 105 cm³/mol. The third-order valence-corrected chi connectivity index (χ3v) is 5.70. The van der Waals surface area contributed by atoms with E-state index in [1.165, 1.54) is 12.1 Å². The molecule has 1 aromatic rings. The quantitative estimate of drug-likeness (QED) is 0.426. The second-order valence-corrected chi connectivity index (χ2v) is 7.77. The number of fused-ring (bicyclic) bond motifs is 1. The smallest absolute Gasteiger partial charge is 0.252 e. The summed E-state index contributed by atoms with van der Waals surface area (Å²) in [5.41, 5.74) is 9.39. The molecule has 3 fully saturated rings. The van der Waals surface area contributed by atoms with E-state index in [-0.39, 0.29) is 41.7 Å². The maximum absolute atomic E-state index is 12.7. The van der Waals surface area contributed by atoms with Gasteiger partial charge in [-0.2, -0.15) is 0 Å². The molecular formula is C19H26N6O4. The summed E-state index contributed by atoms with van der Waals surface area (Å²) in [7, 11) is 3.14. The Morgan fingerprint density at radius 3 is 2.72 bits per heavy atom. The zero-order valence-corrected chi connectivity index (χ0v) is 16.4. The van der Waals surface area contributed by atoms with Crippen molar-refractivity contribution >= 4 is 23.4 Å². The summed E-state index contributed by atoms with van der Waals surface area (Å²) >= 11 is 0. The Hall–Kier alpha value is -2.85. The average molecular weight is 402 g/mol. The Balaban J connectivity index is 1.59. The van der Waals surface area contributed by atoms with Crippen LogP contribution in [-0.2, 0) is 9.59 Å². The van der Waals surface area contributed by atoms with E-state index in [1.54, 1.807) is 25.2 Å². The van der Waals surface area contributed by atoms with Crippen LogP contribution in [0.15, 0.2) is 18.2 Å². The van der Waals surface area contributed by atoms with Crippen LogP contribution in [0.3, 0.4) is 0 Å². The number of nitrogens with one attached hydrogen (secondary N) is 4. The number of methoxy groups -OCH3 is 1. The molecule has 3 amide bonds. The minimum absolute atomic E-state index is 0.0330. The number of hydrogen-bond acceptors (Lipinski definition) is 7. The van der Waals surface area contributed by atoms with E-state index in [4.69, 9.17) is 10.5 Å². The van der Waals surface area contributed by atoms with Crippen LogP contribution in [0, 0.1) is 11.8 Å². The third-order valence-electron chi connectivity index (χ3n) is 5.70. The van der Waals surface area contributed by atoms with E-state index in [1.807, 2.05) is 0 Å². The normalized spacial score (nSPS) is 28.6. The van der Waals surface area contributed by atoms with E-state index >= 15 is 0 Å². The number of anilines is 1. The zero-order valence-electron chi connectivity index (χ0n) is 16.4. The summed E-state index contributed by atoms with van der Waals surface area (Å²) in [5, 5.41) is 11.2. The molecule has 10 heteroatoms. The van der Waals surface area contributed by atoms with Gasteiger partial charge in [0.1, 0.15) is 0 Å². The van der Waals surface area contributed by atoms with E-state index < -0.39 is 11.8 Å². The molecule has 2 aliphatic heterocycles. The van der Waals surface area contributed by atoms with E-state index in [0.717, 1.165) is 12.8 Å². The van der Waals surface area contributed by atoms with Gasteiger partial charge in [0.2, 0.25) is 11.8 Å². The minimum Gasteiger partial charge on any atom is -0.494 e. The maximum atomic E-state index is 12.7. The van der Waals surface area contributed by atoms with Crippen molar-refractivity contribution in [1.29, 1.82) is 0 Å². The number of amides is 3. The van der Waals surface area contributed by atoms with Crippen LogP contribution in [0.5, 0.6) is 5.75 Å². The molecule has 4 rings (SSSR count). The molecule has 10 nitrogen and oxygen atoms in total. The fraction of sp³-hybridized carbons (Fsp3) is 0.526. The second-order valence-electron chi connectivity index (χ2n) is 7.77. The van der Waals surface area contributed by atoms with Crippen molar-refractivity contribution in [3.63, 3.8) is 0 Å². The van der Waals surface area contributed by atoms with Crippen LogP contribution in [0.25, 0.3) is 0 Å². The molecular weight excluding hydrogens is 376 g/mol. The highest BCUT2D eigenvalue weighted by Gasteiger charge is 2.49. The molecule has 6 N–H and O–H groups in total. The molecule has 0 spiro atoms. The number of nitrogens with two attached hydrogens (primary N) is 1. The lowest BCUT2D eigenvalue weighted by Crippen LogP contribution is -2.63. The number of carbonyl (C=O) groups is 3. The van der Waals surface area contributed by atoms with Crippen LogP contribution < -0.4 is 31.8 Å². The van der Waals surface area contributed by atoms with Crippen molar-refractivity contribution in [3.8, 4) is 5.75 Å². The topological polar surface area (TPSA) is 138 Å². The third kappa shape index (κ3) is 3.73. The van der Waals surface area contributed by atoms with Gasteiger partial charge in [-0.05, 0) is 25.0 Å². The number of piperidine rings is 1. The first-order chi connectivity index (χ1) is 13.9. The summed E-state index contributed by atoms with van der Waals surface area (Å²) in [5.74, 6) is -0.588. The molecule has 3 aliphatic rings. The number of hydrazine groups is 1. The Kier molecular flexibility index (Phi) is 5.05.